The fourth-order valence-corrected chi connectivity index (χ4v) is 1.01. The van der Waals surface area contributed by atoms with Gasteiger partial charge in [-0.25, -0.2) is 9.59 Å². The number of amides is 1. The number of hydrogen-bond donors (Lipinski definition) is 1. The van der Waals surface area contributed by atoms with E-state index in [0.717, 1.165) is 5.32 Å². The van der Waals surface area contributed by atoms with Gasteiger partial charge in [-0.3, -0.25) is 4.79 Å². The van der Waals surface area contributed by atoms with Crippen LogP contribution in [0.1, 0.15) is 20.3 Å². The molecule has 0 aromatic carbocycles. The molecule has 0 radical (unpaired) electrons. The van der Waals surface area contributed by atoms with Crippen LogP contribution in [0.2, 0.25) is 0 Å². The molecule has 1 N–H and O–H groups in total. The van der Waals surface area contributed by atoms with E-state index in [2.05, 4.69) is 9.47 Å². The van der Waals surface area contributed by atoms with Gasteiger partial charge in [0.2, 0.25) is 0 Å². The van der Waals surface area contributed by atoms with Gasteiger partial charge < -0.3 is 14.8 Å². The maximum atomic E-state index is 12.1. The number of ether oxygens (including phenoxy) is 2. The van der Waals surface area contributed by atoms with E-state index in [4.69, 9.17) is 0 Å². The minimum Gasteiger partial charge on any atom is -0.461 e. The highest BCUT2D eigenvalue weighted by molar-refractivity contribution is 5.88. The summed E-state index contributed by atoms with van der Waals surface area (Å²) in [5, 5.41) is 1.11. The van der Waals surface area contributed by atoms with E-state index in [1.54, 1.807) is 6.92 Å². The van der Waals surface area contributed by atoms with Crippen LogP contribution in [-0.4, -0.2) is 49.0 Å². The van der Waals surface area contributed by atoms with Crippen LogP contribution in [0.4, 0.5) is 26.3 Å². The third-order valence-electron chi connectivity index (χ3n) is 2.35. The van der Waals surface area contributed by atoms with Gasteiger partial charge in [-0.2, -0.15) is 26.3 Å². The Morgan fingerprint density at radius 2 is 1.57 bits per heavy atom. The zero-order valence-electron chi connectivity index (χ0n) is 11.9. The van der Waals surface area contributed by atoms with Crippen molar-refractivity contribution >= 4 is 17.8 Å². The first kappa shape index (κ1) is 21.0. The summed E-state index contributed by atoms with van der Waals surface area (Å²) in [4.78, 5) is 32.8. The summed E-state index contributed by atoms with van der Waals surface area (Å²) in [5.74, 6) is -6.78. The number of hydrogen-bond acceptors (Lipinski definition) is 5. The first-order chi connectivity index (χ1) is 10.3. The predicted molar refractivity (Wildman–Crippen MR) is 60.8 cm³/mol. The van der Waals surface area contributed by atoms with Crippen LogP contribution in [-0.2, 0) is 23.9 Å². The molecule has 1 amide bonds. The van der Waals surface area contributed by atoms with Gasteiger partial charge in [-0.05, 0) is 13.3 Å². The number of halogens is 6. The molecule has 0 aromatic heterocycles. The van der Waals surface area contributed by atoms with Crippen molar-refractivity contribution in [3.63, 3.8) is 0 Å². The Balaban J connectivity index is 4.97. The first-order valence-electron chi connectivity index (χ1n) is 6.11. The molecule has 23 heavy (non-hydrogen) atoms. The van der Waals surface area contributed by atoms with Crippen molar-refractivity contribution in [1.82, 2.24) is 5.32 Å². The molecule has 0 saturated carbocycles. The molecular formula is C11H13F6NO5. The molecule has 0 bridgehead atoms. The lowest BCUT2D eigenvalue weighted by Crippen LogP contribution is -2.50. The molecule has 0 aliphatic carbocycles. The third kappa shape index (κ3) is 7.70. The second-order valence-corrected chi connectivity index (χ2v) is 4.28. The Bertz CT molecular complexity index is 447. The summed E-state index contributed by atoms with van der Waals surface area (Å²) in [5.41, 5.74) is 0. The fraction of sp³-hybridized carbons (Fsp3) is 0.727. The van der Waals surface area contributed by atoms with Gasteiger partial charge in [0.15, 0.2) is 6.04 Å². The Hall–Kier alpha value is -2.01. The highest BCUT2D eigenvalue weighted by atomic mass is 19.4. The summed E-state index contributed by atoms with van der Waals surface area (Å²) in [7, 11) is 0. The SMILES string of the molecule is CCC(C)OC(=O)[C@H](COC(=O)C(F)(F)F)NC(=O)C(F)(F)F. The van der Waals surface area contributed by atoms with Gasteiger partial charge in [0.1, 0.15) is 6.61 Å². The fourth-order valence-electron chi connectivity index (χ4n) is 1.01. The largest absolute Gasteiger partial charge is 0.490 e. The van der Waals surface area contributed by atoms with Crippen LogP contribution >= 0.6 is 0 Å². The van der Waals surface area contributed by atoms with Gasteiger partial charge in [-0.1, -0.05) is 6.92 Å². The molecule has 0 heterocycles. The van der Waals surface area contributed by atoms with E-state index in [-0.39, 0.29) is 6.42 Å². The van der Waals surface area contributed by atoms with Crippen molar-refractivity contribution in [2.45, 2.75) is 44.8 Å². The zero-order valence-corrected chi connectivity index (χ0v) is 11.9. The molecule has 0 aliphatic rings. The molecule has 0 aliphatic heterocycles. The second kappa shape index (κ2) is 8.02. The monoisotopic (exact) mass is 353 g/mol. The number of esters is 2. The van der Waals surface area contributed by atoms with Gasteiger partial charge in [0.25, 0.3) is 0 Å². The average Bonchev–Trinajstić information content (AvgIpc) is 2.39. The maximum Gasteiger partial charge on any atom is 0.490 e. The molecule has 1 unspecified atom stereocenters. The average molecular weight is 353 g/mol. The molecule has 0 saturated heterocycles. The number of carbonyl (C=O) groups excluding carboxylic acids is 3. The summed E-state index contributed by atoms with van der Waals surface area (Å²) in [6.45, 7) is 1.46. The lowest BCUT2D eigenvalue weighted by atomic mass is 10.3. The lowest BCUT2D eigenvalue weighted by Gasteiger charge is -2.20. The molecule has 2 atom stereocenters. The van der Waals surface area contributed by atoms with Crippen molar-refractivity contribution in [3.8, 4) is 0 Å². The van der Waals surface area contributed by atoms with Crippen molar-refractivity contribution in [2.75, 3.05) is 6.61 Å². The third-order valence-corrected chi connectivity index (χ3v) is 2.35. The standard InChI is InChI=1S/C11H13F6NO5/c1-3-5(2)23-7(19)6(18-8(20)10(12,13)14)4-22-9(21)11(15,16)17/h5-6H,3-4H2,1-2H3,(H,18,20)/t5?,6-/m0/s1. The number of alkyl halides is 6. The van der Waals surface area contributed by atoms with Crippen LogP contribution in [0.3, 0.4) is 0 Å². The summed E-state index contributed by atoms with van der Waals surface area (Å²) < 4.78 is 80.6. The molecular weight excluding hydrogens is 340 g/mol. The van der Waals surface area contributed by atoms with Crippen LogP contribution < -0.4 is 5.32 Å². The summed E-state index contributed by atoms with van der Waals surface area (Å²) in [6.07, 6.45) is -11.3. The number of rotatable bonds is 6. The van der Waals surface area contributed by atoms with Gasteiger partial charge in [0, 0.05) is 0 Å². The van der Waals surface area contributed by atoms with Gasteiger partial charge in [-0.15, -0.1) is 0 Å². The second-order valence-electron chi connectivity index (χ2n) is 4.28. The minimum absolute atomic E-state index is 0.258. The highest BCUT2D eigenvalue weighted by Gasteiger charge is 2.44. The normalized spacial score (nSPS) is 14.6. The first-order valence-corrected chi connectivity index (χ1v) is 6.11. The molecule has 0 rings (SSSR count). The van der Waals surface area contributed by atoms with Gasteiger partial charge in [0.05, 0.1) is 6.10 Å². The van der Waals surface area contributed by atoms with Crippen molar-refractivity contribution in [1.29, 1.82) is 0 Å². The van der Waals surface area contributed by atoms with Crippen molar-refractivity contribution in [2.24, 2.45) is 0 Å². The molecule has 12 heteroatoms. The summed E-state index contributed by atoms with van der Waals surface area (Å²) >= 11 is 0. The Morgan fingerprint density at radius 1 is 1.04 bits per heavy atom. The quantitative estimate of drug-likeness (QED) is 0.578. The van der Waals surface area contributed by atoms with E-state index in [1.807, 2.05) is 0 Å². The molecule has 134 valence electrons. The van der Waals surface area contributed by atoms with Crippen LogP contribution in [0.15, 0.2) is 0 Å². The Morgan fingerprint density at radius 3 is 1.96 bits per heavy atom. The molecule has 6 nitrogen and oxygen atoms in total. The van der Waals surface area contributed by atoms with E-state index in [1.165, 1.54) is 6.92 Å². The minimum atomic E-state index is -5.40. The van der Waals surface area contributed by atoms with Gasteiger partial charge >= 0.3 is 30.2 Å². The van der Waals surface area contributed by atoms with Crippen LogP contribution in [0, 0.1) is 0 Å². The lowest BCUT2D eigenvalue weighted by molar-refractivity contribution is -0.201. The predicted octanol–water partition coefficient (Wildman–Crippen LogP) is 1.48. The number of nitrogens with one attached hydrogen (secondary N) is 1. The van der Waals surface area contributed by atoms with E-state index >= 15 is 0 Å². The zero-order chi connectivity index (χ0) is 18.4. The van der Waals surface area contributed by atoms with E-state index < -0.39 is 49.0 Å². The van der Waals surface area contributed by atoms with Crippen LogP contribution in [0.5, 0.6) is 0 Å². The van der Waals surface area contributed by atoms with Crippen molar-refractivity contribution in [3.05, 3.63) is 0 Å². The number of carbonyl (C=O) groups is 3. The molecule has 0 fully saturated rings. The van der Waals surface area contributed by atoms with Crippen LogP contribution in [0.25, 0.3) is 0 Å². The molecule has 0 spiro atoms. The smallest absolute Gasteiger partial charge is 0.461 e. The highest BCUT2D eigenvalue weighted by Crippen LogP contribution is 2.17. The molecule has 0 aromatic rings. The maximum absolute atomic E-state index is 12.1. The Kier molecular flexibility index (Phi) is 7.31. The van der Waals surface area contributed by atoms with E-state index in [0.29, 0.717) is 0 Å². The van der Waals surface area contributed by atoms with E-state index in [9.17, 15) is 40.7 Å². The Labute approximate surface area is 126 Å². The summed E-state index contributed by atoms with van der Waals surface area (Å²) in [6, 6.07) is -2.23. The van der Waals surface area contributed by atoms with Crippen molar-refractivity contribution < 1.29 is 50.2 Å². The topological polar surface area (TPSA) is 81.7 Å².